The molecule has 0 aliphatic heterocycles. The molecule has 0 spiro atoms. The van der Waals surface area contributed by atoms with Crippen LogP contribution in [0.5, 0.6) is 0 Å². The summed E-state index contributed by atoms with van der Waals surface area (Å²) in [5.41, 5.74) is 0.660. The number of benzene rings is 1. The number of carbonyl (C=O) groups is 2. The zero-order valence-corrected chi connectivity index (χ0v) is 15.1. The maximum absolute atomic E-state index is 12.2. The van der Waals surface area contributed by atoms with Crippen molar-refractivity contribution in [3.63, 3.8) is 0 Å². The first-order valence-corrected chi connectivity index (χ1v) is 8.88. The summed E-state index contributed by atoms with van der Waals surface area (Å²) in [6.45, 7) is 2.62. The van der Waals surface area contributed by atoms with Gasteiger partial charge in [0.1, 0.15) is 0 Å². The molecule has 0 fully saturated rings. The third kappa shape index (κ3) is 5.82. The topological polar surface area (TPSA) is 92.6 Å². The van der Waals surface area contributed by atoms with Crippen molar-refractivity contribution < 1.29 is 14.5 Å². The number of nitro groups is 1. The van der Waals surface area contributed by atoms with Gasteiger partial charge in [-0.05, 0) is 42.1 Å². The Morgan fingerprint density at radius 1 is 1.27 bits per heavy atom. The summed E-state index contributed by atoms with van der Waals surface area (Å²) in [5.74, 6) is -0.519. The van der Waals surface area contributed by atoms with Crippen LogP contribution in [0, 0.1) is 10.1 Å². The Morgan fingerprint density at radius 2 is 2.00 bits per heavy atom. The van der Waals surface area contributed by atoms with Gasteiger partial charge in [0.25, 0.3) is 5.69 Å². The molecule has 136 valence electrons. The molecule has 0 aliphatic rings. The Balaban J connectivity index is 1.88. The number of rotatable bonds is 8. The van der Waals surface area contributed by atoms with Gasteiger partial charge in [-0.15, -0.1) is 11.3 Å². The molecule has 2 aromatic rings. The van der Waals surface area contributed by atoms with E-state index in [1.165, 1.54) is 23.1 Å². The smallest absolute Gasteiger partial charge is 0.269 e. The average molecular weight is 373 g/mol. The van der Waals surface area contributed by atoms with Crippen LogP contribution in [0.1, 0.15) is 17.4 Å². The van der Waals surface area contributed by atoms with Gasteiger partial charge in [0, 0.05) is 29.6 Å². The number of carbonyl (C=O) groups excluding carboxylic acids is 2. The number of likely N-dealkylation sites (N-methyl/N-ethyl adjacent to an activating group) is 1. The molecule has 0 bridgehead atoms. The molecule has 0 unspecified atom stereocenters. The van der Waals surface area contributed by atoms with Crippen LogP contribution in [-0.2, 0) is 16.1 Å². The summed E-state index contributed by atoms with van der Waals surface area (Å²) < 4.78 is 0. The summed E-state index contributed by atoms with van der Waals surface area (Å²) in [6, 6.07) is 9.72. The first kappa shape index (κ1) is 19.3. The lowest BCUT2D eigenvalue weighted by molar-refractivity contribution is -0.384. The minimum Gasteiger partial charge on any atom is -0.350 e. The van der Waals surface area contributed by atoms with Crippen molar-refractivity contribution in [1.29, 1.82) is 0 Å². The molecule has 1 aromatic carbocycles. The van der Waals surface area contributed by atoms with Crippen LogP contribution >= 0.6 is 11.3 Å². The lowest BCUT2D eigenvalue weighted by Gasteiger charge is -2.18. The number of hydrogen-bond acceptors (Lipinski definition) is 5. The molecule has 7 nitrogen and oxygen atoms in total. The van der Waals surface area contributed by atoms with Crippen LogP contribution in [0.3, 0.4) is 0 Å². The van der Waals surface area contributed by atoms with E-state index >= 15 is 0 Å². The largest absolute Gasteiger partial charge is 0.350 e. The van der Waals surface area contributed by atoms with Crippen molar-refractivity contribution in [2.45, 2.75) is 13.5 Å². The third-order valence-corrected chi connectivity index (χ3v) is 4.47. The van der Waals surface area contributed by atoms with Crippen molar-refractivity contribution in [2.75, 3.05) is 13.1 Å². The molecular formula is C18H19N3O4S. The Labute approximate surface area is 155 Å². The molecule has 8 heteroatoms. The van der Waals surface area contributed by atoms with E-state index in [1.54, 1.807) is 36.5 Å². The molecular weight excluding hydrogens is 354 g/mol. The number of amides is 2. The van der Waals surface area contributed by atoms with Gasteiger partial charge < -0.3 is 10.2 Å². The van der Waals surface area contributed by atoms with Crippen molar-refractivity contribution in [3.8, 4) is 0 Å². The number of thiophene rings is 1. The molecule has 2 amide bonds. The van der Waals surface area contributed by atoms with E-state index in [1.807, 2.05) is 17.5 Å². The van der Waals surface area contributed by atoms with Crippen molar-refractivity contribution in [2.24, 2.45) is 0 Å². The van der Waals surface area contributed by atoms with Gasteiger partial charge in [-0.1, -0.05) is 6.07 Å². The standard InChI is InChI=1S/C18H19N3O4S/c1-2-20(13-17(22)19-12-16-4-3-11-26-16)18(23)10-7-14-5-8-15(9-6-14)21(24)25/h3-11H,2,12-13H2,1H3,(H,19,22)/b10-7+. The zero-order chi connectivity index (χ0) is 18.9. The van der Waals surface area contributed by atoms with Crippen LogP contribution in [0.2, 0.25) is 0 Å². The Bertz CT molecular complexity index is 785. The predicted octanol–water partition coefficient (Wildman–Crippen LogP) is 2.83. The van der Waals surface area contributed by atoms with E-state index in [0.29, 0.717) is 18.7 Å². The fraction of sp³-hybridized carbons (Fsp3) is 0.222. The van der Waals surface area contributed by atoms with Gasteiger partial charge in [0.2, 0.25) is 11.8 Å². The lowest BCUT2D eigenvalue weighted by atomic mass is 10.2. The van der Waals surface area contributed by atoms with Crippen LogP contribution in [0.15, 0.2) is 47.9 Å². The highest BCUT2D eigenvalue weighted by Crippen LogP contribution is 2.13. The lowest BCUT2D eigenvalue weighted by Crippen LogP contribution is -2.39. The van der Waals surface area contributed by atoms with Crippen molar-refractivity contribution in [3.05, 3.63) is 68.4 Å². The second-order valence-electron chi connectivity index (χ2n) is 5.39. The maximum atomic E-state index is 12.2. The van der Waals surface area contributed by atoms with E-state index in [2.05, 4.69) is 5.32 Å². The predicted molar refractivity (Wildman–Crippen MR) is 101 cm³/mol. The quantitative estimate of drug-likeness (QED) is 0.437. The SMILES string of the molecule is CCN(CC(=O)NCc1cccs1)C(=O)/C=C/c1ccc([N+](=O)[O-])cc1. The maximum Gasteiger partial charge on any atom is 0.269 e. The minimum absolute atomic E-state index is 0.00827. The first-order chi connectivity index (χ1) is 12.5. The van der Waals surface area contributed by atoms with Crippen LogP contribution < -0.4 is 5.32 Å². The molecule has 1 N–H and O–H groups in total. The summed E-state index contributed by atoms with van der Waals surface area (Å²) >= 11 is 1.56. The Kier molecular flexibility index (Phi) is 7.04. The number of nitrogens with zero attached hydrogens (tertiary/aromatic N) is 2. The molecule has 0 saturated carbocycles. The highest BCUT2D eigenvalue weighted by molar-refractivity contribution is 7.09. The molecule has 0 atom stereocenters. The molecule has 26 heavy (non-hydrogen) atoms. The Morgan fingerprint density at radius 3 is 2.58 bits per heavy atom. The summed E-state index contributed by atoms with van der Waals surface area (Å²) in [4.78, 5) is 36.9. The van der Waals surface area contributed by atoms with Gasteiger partial charge in [-0.3, -0.25) is 19.7 Å². The monoisotopic (exact) mass is 373 g/mol. The van der Waals surface area contributed by atoms with Gasteiger partial charge in [0.05, 0.1) is 18.0 Å². The number of hydrogen-bond donors (Lipinski definition) is 1. The molecule has 1 aromatic heterocycles. The van der Waals surface area contributed by atoms with Crippen LogP contribution in [0.25, 0.3) is 6.08 Å². The molecule has 0 radical (unpaired) electrons. The van der Waals surface area contributed by atoms with Gasteiger partial charge >= 0.3 is 0 Å². The average Bonchev–Trinajstić information content (AvgIpc) is 3.16. The van der Waals surface area contributed by atoms with Gasteiger partial charge in [-0.2, -0.15) is 0 Å². The zero-order valence-electron chi connectivity index (χ0n) is 14.3. The third-order valence-electron chi connectivity index (χ3n) is 3.59. The minimum atomic E-state index is -0.480. The summed E-state index contributed by atoms with van der Waals surface area (Å²) in [6.07, 6.45) is 2.93. The number of nitro benzene ring substituents is 1. The van der Waals surface area contributed by atoms with Crippen LogP contribution in [-0.4, -0.2) is 34.7 Å². The normalized spacial score (nSPS) is 10.7. The van der Waals surface area contributed by atoms with Crippen LogP contribution in [0.4, 0.5) is 5.69 Å². The summed E-state index contributed by atoms with van der Waals surface area (Å²) in [5, 5.41) is 15.3. The number of nitrogens with one attached hydrogen (secondary N) is 1. The Hall–Kier alpha value is -3.00. The van der Waals surface area contributed by atoms with E-state index in [0.717, 1.165) is 4.88 Å². The first-order valence-electron chi connectivity index (χ1n) is 8.00. The molecule has 0 aliphatic carbocycles. The highest BCUT2D eigenvalue weighted by Gasteiger charge is 2.13. The highest BCUT2D eigenvalue weighted by atomic mass is 32.1. The fourth-order valence-corrected chi connectivity index (χ4v) is 2.80. The van der Waals surface area contributed by atoms with E-state index in [4.69, 9.17) is 0 Å². The van der Waals surface area contributed by atoms with E-state index in [9.17, 15) is 19.7 Å². The molecule has 1 heterocycles. The van der Waals surface area contributed by atoms with E-state index < -0.39 is 4.92 Å². The number of non-ortho nitro benzene ring substituents is 1. The summed E-state index contributed by atoms with van der Waals surface area (Å²) in [7, 11) is 0. The van der Waals surface area contributed by atoms with Gasteiger partial charge in [0.15, 0.2) is 0 Å². The fourth-order valence-electron chi connectivity index (χ4n) is 2.15. The second-order valence-corrected chi connectivity index (χ2v) is 6.42. The second kappa shape index (κ2) is 9.47. The van der Waals surface area contributed by atoms with Crippen molar-refractivity contribution >= 4 is 34.9 Å². The molecule has 2 rings (SSSR count). The molecule has 0 saturated heterocycles. The van der Waals surface area contributed by atoms with Gasteiger partial charge in [-0.25, -0.2) is 0 Å². The van der Waals surface area contributed by atoms with Crippen molar-refractivity contribution in [1.82, 2.24) is 10.2 Å². The van der Waals surface area contributed by atoms with E-state index in [-0.39, 0.29) is 24.0 Å².